The first-order valence-electron chi connectivity index (χ1n) is 7.97. The van der Waals surface area contributed by atoms with Crippen LogP contribution >= 0.6 is 11.6 Å². The van der Waals surface area contributed by atoms with Crippen molar-refractivity contribution in [3.05, 3.63) is 47.7 Å². The van der Waals surface area contributed by atoms with Gasteiger partial charge in [0.2, 0.25) is 0 Å². The molecule has 8 heteroatoms. The van der Waals surface area contributed by atoms with Gasteiger partial charge in [-0.3, -0.25) is 9.78 Å². The van der Waals surface area contributed by atoms with Crippen LogP contribution in [0.25, 0.3) is 22.8 Å². The highest BCUT2D eigenvalue weighted by Crippen LogP contribution is 2.30. The number of benzene rings is 1. The number of esters is 1. The van der Waals surface area contributed by atoms with E-state index in [2.05, 4.69) is 15.1 Å². The van der Waals surface area contributed by atoms with E-state index in [1.165, 1.54) is 4.68 Å². The van der Waals surface area contributed by atoms with Crippen LogP contribution in [-0.2, 0) is 16.1 Å². The molecule has 0 amide bonds. The van der Waals surface area contributed by atoms with Crippen molar-refractivity contribution in [2.75, 3.05) is 13.7 Å². The minimum absolute atomic E-state index is 0.0393. The van der Waals surface area contributed by atoms with Crippen LogP contribution in [0.2, 0.25) is 5.02 Å². The molecular formula is C18H17ClN4O3. The normalized spacial score (nSPS) is 10.6. The van der Waals surface area contributed by atoms with Crippen molar-refractivity contribution in [3.8, 4) is 28.5 Å². The van der Waals surface area contributed by atoms with Gasteiger partial charge in [-0.15, -0.1) is 5.10 Å². The van der Waals surface area contributed by atoms with Gasteiger partial charge in [0, 0.05) is 23.5 Å². The third kappa shape index (κ3) is 3.83. The first kappa shape index (κ1) is 17.9. The van der Waals surface area contributed by atoms with Crippen LogP contribution < -0.4 is 4.74 Å². The topological polar surface area (TPSA) is 79.1 Å². The molecule has 0 spiro atoms. The van der Waals surface area contributed by atoms with Crippen molar-refractivity contribution in [3.63, 3.8) is 0 Å². The number of aromatic nitrogens is 4. The minimum atomic E-state index is -0.382. The smallest absolute Gasteiger partial charge is 0.327 e. The fraction of sp³-hybridized carbons (Fsp3) is 0.222. The Balaban J connectivity index is 2.03. The number of carbonyl (C=O) groups excluding carboxylic acids is 1. The van der Waals surface area contributed by atoms with E-state index in [1.54, 1.807) is 50.7 Å². The first-order chi connectivity index (χ1) is 12.6. The van der Waals surface area contributed by atoms with Gasteiger partial charge in [0.25, 0.3) is 0 Å². The average molecular weight is 373 g/mol. The Labute approximate surface area is 155 Å². The van der Waals surface area contributed by atoms with E-state index in [9.17, 15) is 4.79 Å². The van der Waals surface area contributed by atoms with E-state index in [0.717, 1.165) is 5.56 Å². The first-order valence-corrected chi connectivity index (χ1v) is 8.35. The van der Waals surface area contributed by atoms with Gasteiger partial charge in [0.05, 0.1) is 18.7 Å². The number of hydrogen-bond acceptors (Lipinski definition) is 6. The zero-order valence-electron chi connectivity index (χ0n) is 14.3. The number of hydrogen-bond donors (Lipinski definition) is 0. The van der Waals surface area contributed by atoms with Gasteiger partial charge in [0.15, 0.2) is 11.6 Å². The standard InChI is InChI=1S/C18H17ClN4O3/c1-3-26-16(24)11-23-18(12-6-8-20-9-7-12)21-17(22-23)13-4-5-15(25-2)14(19)10-13/h4-10H,3,11H2,1-2H3. The number of ether oxygens (including phenoxy) is 2. The molecule has 0 radical (unpaired) electrons. The zero-order valence-corrected chi connectivity index (χ0v) is 15.1. The largest absolute Gasteiger partial charge is 0.495 e. The van der Waals surface area contributed by atoms with Crippen LogP contribution in [0.1, 0.15) is 6.92 Å². The predicted octanol–water partition coefficient (Wildman–Crippen LogP) is 3.23. The number of rotatable bonds is 6. The molecule has 134 valence electrons. The molecule has 7 nitrogen and oxygen atoms in total. The Morgan fingerprint density at radius 3 is 2.62 bits per heavy atom. The lowest BCUT2D eigenvalue weighted by molar-refractivity contribution is -0.144. The van der Waals surface area contributed by atoms with E-state index in [1.807, 2.05) is 6.07 Å². The average Bonchev–Trinajstić information content (AvgIpc) is 3.06. The number of nitrogens with zero attached hydrogens (tertiary/aromatic N) is 4. The van der Waals surface area contributed by atoms with Gasteiger partial charge >= 0.3 is 5.97 Å². The van der Waals surface area contributed by atoms with Crippen molar-refractivity contribution in [1.29, 1.82) is 0 Å². The highest BCUT2D eigenvalue weighted by molar-refractivity contribution is 6.32. The molecule has 3 aromatic rings. The lowest BCUT2D eigenvalue weighted by Gasteiger charge is -2.05. The molecule has 0 aliphatic carbocycles. The lowest BCUT2D eigenvalue weighted by Crippen LogP contribution is -2.15. The van der Waals surface area contributed by atoms with Crippen molar-refractivity contribution in [2.45, 2.75) is 13.5 Å². The fourth-order valence-corrected chi connectivity index (χ4v) is 2.68. The van der Waals surface area contributed by atoms with E-state index < -0.39 is 0 Å². The highest BCUT2D eigenvalue weighted by atomic mass is 35.5. The predicted molar refractivity (Wildman–Crippen MR) is 96.9 cm³/mol. The summed E-state index contributed by atoms with van der Waals surface area (Å²) in [7, 11) is 1.55. The van der Waals surface area contributed by atoms with Crippen molar-refractivity contribution in [2.24, 2.45) is 0 Å². The van der Waals surface area contributed by atoms with Crippen LogP contribution in [0.5, 0.6) is 5.75 Å². The van der Waals surface area contributed by atoms with Crippen LogP contribution in [-0.4, -0.2) is 39.4 Å². The van der Waals surface area contributed by atoms with Gasteiger partial charge < -0.3 is 9.47 Å². The number of pyridine rings is 1. The number of methoxy groups -OCH3 is 1. The highest BCUT2D eigenvalue weighted by Gasteiger charge is 2.17. The summed E-state index contributed by atoms with van der Waals surface area (Å²) in [5, 5.41) is 4.92. The lowest BCUT2D eigenvalue weighted by atomic mass is 10.2. The van der Waals surface area contributed by atoms with Crippen LogP contribution in [0.15, 0.2) is 42.7 Å². The molecule has 0 saturated heterocycles. The van der Waals surface area contributed by atoms with Crippen molar-refractivity contribution >= 4 is 17.6 Å². The SMILES string of the molecule is CCOC(=O)Cn1nc(-c2ccc(OC)c(Cl)c2)nc1-c1ccncc1. The fourth-order valence-electron chi connectivity index (χ4n) is 2.42. The number of carbonyl (C=O) groups is 1. The Morgan fingerprint density at radius 1 is 1.19 bits per heavy atom. The molecule has 3 rings (SSSR count). The second kappa shape index (κ2) is 7.97. The van der Waals surface area contributed by atoms with Gasteiger partial charge in [-0.2, -0.15) is 0 Å². The number of halogens is 1. The van der Waals surface area contributed by atoms with E-state index in [0.29, 0.717) is 34.6 Å². The molecule has 0 atom stereocenters. The summed E-state index contributed by atoms with van der Waals surface area (Å²) in [4.78, 5) is 20.5. The molecule has 26 heavy (non-hydrogen) atoms. The summed E-state index contributed by atoms with van der Waals surface area (Å²) in [6, 6.07) is 8.88. The van der Waals surface area contributed by atoms with Gasteiger partial charge in [-0.1, -0.05) is 11.6 Å². The van der Waals surface area contributed by atoms with Crippen LogP contribution in [0.4, 0.5) is 0 Å². The maximum absolute atomic E-state index is 11.9. The monoisotopic (exact) mass is 372 g/mol. The third-order valence-corrected chi connectivity index (χ3v) is 3.90. The van der Waals surface area contributed by atoms with Crippen LogP contribution in [0, 0.1) is 0 Å². The molecular weight excluding hydrogens is 356 g/mol. The second-order valence-corrected chi connectivity index (χ2v) is 5.71. The molecule has 0 fully saturated rings. The molecule has 2 heterocycles. The molecule has 2 aromatic heterocycles. The Morgan fingerprint density at radius 2 is 1.96 bits per heavy atom. The van der Waals surface area contributed by atoms with Crippen LogP contribution in [0.3, 0.4) is 0 Å². The molecule has 0 N–H and O–H groups in total. The van der Waals surface area contributed by atoms with Gasteiger partial charge in [-0.25, -0.2) is 9.67 Å². The molecule has 0 saturated carbocycles. The maximum Gasteiger partial charge on any atom is 0.327 e. The zero-order chi connectivity index (χ0) is 18.5. The van der Waals surface area contributed by atoms with E-state index in [-0.39, 0.29) is 12.5 Å². The molecule has 0 aliphatic heterocycles. The van der Waals surface area contributed by atoms with Crippen molar-refractivity contribution in [1.82, 2.24) is 19.7 Å². The summed E-state index contributed by atoms with van der Waals surface area (Å²) < 4.78 is 11.7. The van der Waals surface area contributed by atoms with Crippen molar-refractivity contribution < 1.29 is 14.3 Å². The summed E-state index contributed by atoms with van der Waals surface area (Å²) in [6.07, 6.45) is 3.31. The van der Waals surface area contributed by atoms with Gasteiger partial charge in [0.1, 0.15) is 12.3 Å². The van der Waals surface area contributed by atoms with Gasteiger partial charge in [-0.05, 0) is 37.3 Å². The summed E-state index contributed by atoms with van der Waals surface area (Å²) in [5.74, 6) is 1.18. The Hall–Kier alpha value is -2.93. The molecule has 1 aromatic carbocycles. The summed E-state index contributed by atoms with van der Waals surface area (Å²) >= 11 is 6.20. The Kier molecular flexibility index (Phi) is 5.48. The molecule has 0 aliphatic rings. The van der Waals surface area contributed by atoms with E-state index in [4.69, 9.17) is 21.1 Å². The quantitative estimate of drug-likeness (QED) is 0.618. The minimum Gasteiger partial charge on any atom is -0.495 e. The van der Waals surface area contributed by atoms with E-state index >= 15 is 0 Å². The summed E-state index contributed by atoms with van der Waals surface area (Å²) in [6.45, 7) is 2.02. The summed E-state index contributed by atoms with van der Waals surface area (Å²) in [5.41, 5.74) is 1.51. The molecule has 0 bridgehead atoms. The second-order valence-electron chi connectivity index (χ2n) is 5.31. The Bertz CT molecular complexity index is 912. The maximum atomic E-state index is 11.9. The third-order valence-electron chi connectivity index (χ3n) is 3.60. The molecule has 0 unspecified atom stereocenters.